The van der Waals surface area contributed by atoms with Crippen LogP contribution in [0.15, 0.2) is 27.7 Å². The molecule has 2 aliphatic heterocycles. The maximum Gasteiger partial charge on any atom is 0.318 e. The summed E-state index contributed by atoms with van der Waals surface area (Å²) < 4.78 is 32.7. The van der Waals surface area contributed by atoms with Crippen LogP contribution < -0.4 is 4.90 Å². The number of aryl methyl sites for hydroxylation is 1. The van der Waals surface area contributed by atoms with Crippen molar-refractivity contribution < 1.29 is 18.0 Å². The highest BCUT2D eigenvalue weighted by molar-refractivity contribution is 5.82. The minimum Gasteiger partial charge on any atom is -0.408 e. The van der Waals surface area contributed by atoms with Crippen molar-refractivity contribution in [2.45, 2.75) is 32.7 Å². The summed E-state index contributed by atoms with van der Waals surface area (Å²) in [7, 11) is 0. The first-order chi connectivity index (χ1) is 13.4. The number of piperidine rings is 1. The van der Waals surface area contributed by atoms with Gasteiger partial charge in [-0.3, -0.25) is 4.79 Å². The number of aromatic nitrogens is 2. The van der Waals surface area contributed by atoms with E-state index >= 15 is 0 Å². The molecule has 3 atom stereocenters. The Morgan fingerprint density at radius 2 is 1.96 bits per heavy atom. The van der Waals surface area contributed by atoms with Gasteiger partial charge >= 0.3 is 6.01 Å². The molecule has 1 amide bonds. The van der Waals surface area contributed by atoms with Crippen molar-refractivity contribution in [3.05, 3.63) is 41.3 Å². The molecule has 1 saturated heterocycles. The summed E-state index contributed by atoms with van der Waals surface area (Å²) in [6, 6.07) is 3.31. The lowest BCUT2D eigenvalue weighted by atomic mass is 9.85. The number of halogens is 2. The van der Waals surface area contributed by atoms with Crippen molar-refractivity contribution in [1.29, 1.82) is 0 Å². The molecule has 0 saturated carbocycles. The van der Waals surface area contributed by atoms with Gasteiger partial charge in [0.25, 0.3) is 0 Å². The fourth-order valence-corrected chi connectivity index (χ4v) is 3.94. The second kappa shape index (κ2) is 7.29. The van der Waals surface area contributed by atoms with Crippen molar-refractivity contribution in [1.82, 2.24) is 15.2 Å². The Kier molecular flexibility index (Phi) is 4.82. The molecular weight excluding hydrogens is 368 g/mol. The van der Waals surface area contributed by atoms with Gasteiger partial charge in [0, 0.05) is 44.6 Å². The average Bonchev–Trinajstić information content (AvgIpc) is 3.29. The van der Waals surface area contributed by atoms with E-state index < -0.39 is 17.7 Å². The molecule has 1 fully saturated rings. The third-order valence-electron chi connectivity index (χ3n) is 5.33. The Labute approximate surface area is 161 Å². The Hall–Kier alpha value is -2.84. The van der Waals surface area contributed by atoms with E-state index in [9.17, 15) is 13.6 Å². The normalized spacial score (nSPS) is 24.8. The van der Waals surface area contributed by atoms with Crippen LogP contribution in [0.2, 0.25) is 0 Å². The van der Waals surface area contributed by atoms with Crippen LogP contribution in [0.5, 0.6) is 0 Å². The summed E-state index contributed by atoms with van der Waals surface area (Å²) in [5, 5.41) is 13.5. The molecule has 9 heteroatoms. The highest BCUT2D eigenvalue weighted by Gasteiger charge is 2.39. The third kappa shape index (κ3) is 3.48. The molecule has 0 N–H and O–H groups in total. The minimum atomic E-state index is -0.661. The van der Waals surface area contributed by atoms with E-state index in [1.807, 2.05) is 11.8 Å². The highest BCUT2D eigenvalue weighted by atomic mass is 19.1. The van der Waals surface area contributed by atoms with Gasteiger partial charge in [0.1, 0.15) is 11.6 Å². The lowest BCUT2D eigenvalue weighted by Crippen LogP contribution is -2.46. The molecule has 0 bridgehead atoms. The zero-order valence-corrected chi connectivity index (χ0v) is 15.7. The van der Waals surface area contributed by atoms with E-state index in [1.54, 1.807) is 13.1 Å². The smallest absolute Gasteiger partial charge is 0.318 e. The minimum absolute atomic E-state index is 0.0363. The maximum atomic E-state index is 13.6. The van der Waals surface area contributed by atoms with Gasteiger partial charge in [-0.25, -0.2) is 13.8 Å². The van der Waals surface area contributed by atoms with Crippen molar-refractivity contribution in [3.8, 4) is 0 Å². The van der Waals surface area contributed by atoms with Crippen LogP contribution in [-0.2, 0) is 4.79 Å². The first-order valence-corrected chi connectivity index (χ1v) is 9.29. The second-order valence-electron chi connectivity index (χ2n) is 7.36. The van der Waals surface area contributed by atoms with E-state index in [4.69, 9.17) is 4.42 Å². The van der Waals surface area contributed by atoms with Crippen molar-refractivity contribution in [2.24, 2.45) is 16.9 Å². The molecule has 2 aliphatic rings. The maximum absolute atomic E-state index is 13.6. The zero-order chi connectivity index (χ0) is 19.8. The van der Waals surface area contributed by atoms with Gasteiger partial charge in [0.05, 0.1) is 6.04 Å². The number of amides is 1. The second-order valence-corrected chi connectivity index (χ2v) is 7.36. The van der Waals surface area contributed by atoms with Crippen LogP contribution in [0.25, 0.3) is 0 Å². The molecule has 3 heterocycles. The first kappa shape index (κ1) is 18.5. The third-order valence-corrected chi connectivity index (χ3v) is 5.33. The van der Waals surface area contributed by atoms with Gasteiger partial charge in [-0.05, 0) is 30.0 Å². The molecule has 0 spiro atoms. The number of carbonyl (C=O) groups excluding carboxylic acids is 1. The Morgan fingerprint density at radius 1 is 1.21 bits per heavy atom. The van der Waals surface area contributed by atoms with Gasteiger partial charge < -0.3 is 9.32 Å². The van der Waals surface area contributed by atoms with Crippen LogP contribution in [0.4, 0.5) is 14.8 Å². The van der Waals surface area contributed by atoms with E-state index in [1.165, 1.54) is 17.1 Å². The Bertz CT molecular complexity index is 895. The van der Waals surface area contributed by atoms with Crippen molar-refractivity contribution in [3.63, 3.8) is 0 Å². The number of rotatable bonds is 3. The van der Waals surface area contributed by atoms with Crippen LogP contribution >= 0.6 is 0 Å². The summed E-state index contributed by atoms with van der Waals surface area (Å²) in [5.41, 5.74) is 0.412. The van der Waals surface area contributed by atoms with Gasteiger partial charge in [-0.15, -0.1) is 5.10 Å². The first-order valence-electron chi connectivity index (χ1n) is 9.29. The Balaban J connectivity index is 1.48. The standard InChI is InChI=1S/C19H21F2N5O2/c1-11-10-25(19-24-23-12(2)28-19)6-4-16(11)18(27)26-17(3-5-22-26)13-7-14(20)9-15(21)8-13/h5,7-9,11,16-17H,3-4,6,10H2,1-2H3/t11-,16+,17?/m1/s1. The topological polar surface area (TPSA) is 74.8 Å². The number of hydrogen-bond acceptors (Lipinski definition) is 6. The monoisotopic (exact) mass is 389 g/mol. The number of hydrogen-bond donors (Lipinski definition) is 0. The van der Waals surface area contributed by atoms with Crippen LogP contribution in [0.3, 0.4) is 0 Å². The largest absolute Gasteiger partial charge is 0.408 e. The van der Waals surface area contributed by atoms with Crippen LogP contribution in [0.1, 0.15) is 37.3 Å². The number of carbonyl (C=O) groups is 1. The quantitative estimate of drug-likeness (QED) is 0.807. The summed E-state index contributed by atoms with van der Waals surface area (Å²) in [6.07, 6.45) is 2.66. The number of hydrazone groups is 1. The molecule has 7 nitrogen and oxygen atoms in total. The molecule has 28 heavy (non-hydrogen) atoms. The fraction of sp³-hybridized carbons (Fsp3) is 0.474. The van der Waals surface area contributed by atoms with E-state index in [0.29, 0.717) is 43.4 Å². The predicted molar refractivity (Wildman–Crippen MR) is 97.6 cm³/mol. The van der Waals surface area contributed by atoms with Gasteiger partial charge in [-0.1, -0.05) is 12.0 Å². The Morgan fingerprint density at radius 3 is 2.61 bits per heavy atom. The van der Waals surface area contributed by atoms with Gasteiger partial charge in [-0.2, -0.15) is 5.10 Å². The van der Waals surface area contributed by atoms with Crippen molar-refractivity contribution >= 4 is 18.1 Å². The molecule has 4 rings (SSSR count). The summed E-state index contributed by atoms with van der Waals surface area (Å²) in [5.74, 6) is -1.16. The fourth-order valence-electron chi connectivity index (χ4n) is 3.94. The zero-order valence-electron chi connectivity index (χ0n) is 15.7. The molecule has 1 aromatic carbocycles. The number of benzene rings is 1. The summed E-state index contributed by atoms with van der Waals surface area (Å²) in [4.78, 5) is 15.1. The molecule has 2 aromatic rings. The molecule has 1 unspecified atom stereocenters. The molecule has 0 radical (unpaired) electrons. The van der Waals surface area contributed by atoms with E-state index in [2.05, 4.69) is 15.3 Å². The molecule has 0 aliphatic carbocycles. The number of anilines is 1. The summed E-state index contributed by atoms with van der Waals surface area (Å²) >= 11 is 0. The highest BCUT2D eigenvalue weighted by Crippen LogP contribution is 2.34. The lowest BCUT2D eigenvalue weighted by molar-refractivity contribution is -0.139. The molecule has 1 aromatic heterocycles. The van der Waals surface area contributed by atoms with Crippen LogP contribution in [-0.4, -0.2) is 40.4 Å². The molecule has 148 valence electrons. The van der Waals surface area contributed by atoms with Gasteiger partial charge in [0.2, 0.25) is 11.8 Å². The number of nitrogens with zero attached hydrogens (tertiary/aromatic N) is 5. The van der Waals surface area contributed by atoms with Gasteiger partial charge in [0.15, 0.2) is 0 Å². The summed E-state index contributed by atoms with van der Waals surface area (Å²) in [6.45, 7) is 4.94. The lowest BCUT2D eigenvalue weighted by Gasteiger charge is -2.37. The SMILES string of the molecule is Cc1nnc(N2CC[C@H](C(=O)N3N=CCC3c3cc(F)cc(F)c3)[C@H](C)C2)o1. The van der Waals surface area contributed by atoms with E-state index in [-0.39, 0.29) is 17.7 Å². The molecular formula is C19H21F2N5O2. The predicted octanol–water partition coefficient (Wildman–Crippen LogP) is 3.08. The average molecular weight is 389 g/mol. The van der Waals surface area contributed by atoms with Crippen molar-refractivity contribution in [2.75, 3.05) is 18.0 Å². The van der Waals surface area contributed by atoms with E-state index in [0.717, 1.165) is 6.07 Å². The van der Waals surface area contributed by atoms with Crippen LogP contribution in [0, 0.1) is 30.4 Å².